The number of carboxylic acid groups (broad SMARTS) is 5. The van der Waals surface area contributed by atoms with Crippen LogP contribution in [-0.2, 0) is 28.8 Å². The van der Waals surface area contributed by atoms with Gasteiger partial charge in [-0.1, -0.05) is 27.7 Å². The molecule has 0 saturated carbocycles. The van der Waals surface area contributed by atoms with E-state index in [0.29, 0.717) is 18.8 Å². The van der Waals surface area contributed by atoms with Crippen LogP contribution in [0.25, 0.3) is 0 Å². The van der Waals surface area contributed by atoms with E-state index in [1.807, 2.05) is 27.7 Å². The monoisotopic (exact) mass is 606 g/mol. The topological polar surface area (TPSA) is 243 Å². The molecule has 8 N–H and O–H groups in total. The zero-order chi connectivity index (χ0) is 33.0. The van der Waals surface area contributed by atoms with Crippen LogP contribution in [0.2, 0.25) is 0 Å². The SMILES string of the molecule is CC(C)C[C@@H](C(=O)O)N(C)CC(=O)C(=O)O.CNC(CC(C)C)C(=O)O.O=C(O)C1CCCN1.O=C(O)[C@@H]1CCCN1. The fourth-order valence-corrected chi connectivity index (χ4v) is 3.92. The van der Waals surface area contributed by atoms with E-state index in [1.54, 1.807) is 7.05 Å². The van der Waals surface area contributed by atoms with Crippen LogP contribution in [0.1, 0.15) is 66.2 Å². The summed E-state index contributed by atoms with van der Waals surface area (Å²) in [6, 6.07) is -1.76. The standard InChI is InChI=1S/C10H17NO5.C7H15NO2.2C5H9NO2/c1-6(2)4-7(9(13)14)11(3)5-8(12)10(15)16;1-5(2)4-6(8-3)7(9)10;2*7-5(8)4-2-1-3-6-4/h6-7H,4-5H2,1-3H3,(H,13,14)(H,15,16);5-6,8H,4H2,1-3H3,(H,9,10);2*4,6H,1-3H2,(H,7,8)/t7-;;4-;/m0.0./s1. The van der Waals surface area contributed by atoms with E-state index < -0.39 is 41.7 Å². The van der Waals surface area contributed by atoms with Crippen molar-refractivity contribution in [2.45, 2.75) is 90.4 Å². The van der Waals surface area contributed by atoms with E-state index in [2.05, 4.69) is 16.0 Å². The number of carboxylic acids is 5. The third-order valence-corrected chi connectivity index (χ3v) is 6.21. The maximum atomic E-state index is 10.9. The van der Waals surface area contributed by atoms with Gasteiger partial charge in [-0.3, -0.25) is 28.9 Å². The van der Waals surface area contributed by atoms with Crippen molar-refractivity contribution in [3.63, 3.8) is 0 Å². The normalized spacial score (nSPS) is 18.9. The Balaban J connectivity index is 0. The number of likely N-dealkylation sites (N-methyl/N-ethyl adjacent to an activating group) is 2. The minimum absolute atomic E-state index is 0.156. The highest BCUT2D eigenvalue weighted by molar-refractivity contribution is 6.33. The van der Waals surface area contributed by atoms with Crippen LogP contribution >= 0.6 is 0 Å². The lowest BCUT2D eigenvalue weighted by molar-refractivity contribution is -0.151. The Morgan fingerprint density at radius 3 is 1.38 bits per heavy atom. The molecule has 0 aromatic heterocycles. The highest BCUT2D eigenvalue weighted by atomic mass is 16.4. The molecule has 2 fully saturated rings. The van der Waals surface area contributed by atoms with Crippen molar-refractivity contribution in [3.05, 3.63) is 0 Å². The summed E-state index contributed by atoms with van der Waals surface area (Å²) in [5, 5.41) is 51.1. The van der Waals surface area contributed by atoms with Crippen LogP contribution in [-0.4, -0.2) is 124 Å². The van der Waals surface area contributed by atoms with E-state index in [4.69, 9.17) is 25.5 Å². The summed E-state index contributed by atoms with van der Waals surface area (Å²) in [5.74, 6) is -5.22. The molecule has 15 heteroatoms. The lowest BCUT2D eigenvalue weighted by atomic mass is 10.0. The quantitative estimate of drug-likeness (QED) is 0.132. The van der Waals surface area contributed by atoms with Crippen LogP contribution in [0.5, 0.6) is 0 Å². The molecule has 0 amide bonds. The van der Waals surface area contributed by atoms with Gasteiger partial charge in [0.25, 0.3) is 5.78 Å². The van der Waals surface area contributed by atoms with Gasteiger partial charge in [0.15, 0.2) is 0 Å². The summed E-state index contributed by atoms with van der Waals surface area (Å²) in [5.41, 5.74) is 0. The zero-order valence-corrected chi connectivity index (χ0v) is 25.5. The van der Waals surface area contributed by atoms with Crippen molar-refractivity contribution in [2.75, 3.05) is 33.7 Å². The van der Waals surface area contributed by atoms with Gasteiger partial charge in [-0.15, -0.1) is 0 Å². The Bertz CT molecular complexity index is 829. The molecular weight excluding hydrogens is 556 g/mol. The number of hydrogen-bond donors (Lipinski definition) is 8. The fraction of sp³-hybridized carbons (Fsp3) is 0.778. The highest BCUT2D eigenvalue weighted by Crippen LogP contribution is 2.10. The molecular formula is C27H50N4O11. The smallest absolute Gasteiger partial charge is 0.373 e. The van der Waals surface area contributed by atoms with Gasteiger partial charge in [0.05, 0.1) is 6.54 Å². The maximum absolute atomic E-state index is 10.9. The summed E-state index contributed by atoms with van der Waals surface area (Å²) >= 11 is 0. The van der Waals surface area contributed by atoms with Crippen LogP contribution in [0.4, 0.5) is 0 Å². The molecule has 2 rings (SSSR count). The van der Waals surface area contributed by atoms with Crippen LogP contribution in [0.3, 0.4) is 0 Å². The molecule has 0 aromatic rings. The molecule has 0 aromatic carbocycles. The average Bonchev–Trinajstić information content (AvgIpc) is 3.61. The average molecular weight is 607 g/mol. The number of carbonyl (C=O) groups excluding carboxylic acids is 1. The summed E-state index contributed by atoms with van der Waals surface area (Å²) < 4.78 is 0. The molecule has 2 unspecified atom stereocenters. The van der Waals surface area contributed by atoms with Gasteiger partial charge >= 0.3 is 29.8 Å². The zero-order valence-electron chi connectivity index (χ0n) is 25.5. The maximum Gasteiger partial charge on any atom is 0.373 e. The fourth-order valence-electron chi connectivity index (χ4n) is 3.92. The van der Waals surface area contributed by atoms with Crippen molar-refractivity contribution < 1.29 is 54.3 Å². The Hall–Kier alpha value is -3.14. The Morgan fingerprint density at radius 2 is 1.19 bits per heavy atom. The molecule has 2 saturated heterocycles. The first kappa shape index (κ1) is 41.0. The number of aliphatic carboxylic acids is 5. The molecule has 0 bridgehead atoms. The Morgan fingerprint density at radius 1 is 0.762 bits per heavy atom. The van der Waals surface area contributed by atoms with E-state index in [9.17, 15) is 28.8 Å². The predicted octanol–water partition coefficient (Wildman–Crippen LogP) is 0.422. The molecule has 4 atom stereocenters. The lowest BCUT2D eigenvalue weighted by Gasteiger charge is -2.24. The number of nitrogens with zero attached hydrogens (tertiary/aromatic N) is 1. The minimum Gasteiger partial charge on any atom is -0.480 e. The van der Waals surface area contributed by atoms with Gasteiger partial charge in [0, 0.05) is 0 Å². The number of hydrogen-bond acceptors (Lipinski definition) is 10. The number of nitrogens with one attached hydrogen (secondary N) is 3. The Labute approximate surface area is 247 Å². The second kappa shape index (κ2) is 22.5. The van der Waals surface area contributed by atoms with Crippen LogP contribution < -0.4 is 16.0 Å². The van der Waals surface area contributed by atoms with Gasteiger partial charge in [-0.05, 0) is 77.5 Å². The first-order valence-electron chi connectivity index (χ1n) is 14.0. The van der Waals surface area contributed by atoms with Gasteiger partial charge in [0.1, 0.15) is 24.2 Å². The summed E-state index contributed by atoms with van der Waals surface area (Å²) in [4.78, 5) is 64.1. The summed E-state index contributed by atoms with van der Waals surface area (Å²) in [7, 11) is 3.10. The molecule has 244 valence electrons. The molecule has 0 radical (unpaired) electrons. The van der Waals surface area contributed by atoms with Crippen molar-refractivity contribution in [3.8, 4) is 0 Å². The number of Topliss-reactive ketones (excluding diaryl/α,β-unsaturated/α-hetero) is 1. The van der Waals surface area contributed by atoms with Crippen molar-refractivity contribution in [1.82, 2.24) is 20.9 Å². The largest absolute Gasteiger partial charge is 0.480 e. The van der Waals surface area contributed by atoms with Crippen molar-refractivity contribution in [1.29, 1.82) is 0 Å². The minimum atomic E-state index is -1.54. The molecule has 0 spiro atoms. The second-order valence-electron chi connectivity index (χ2n) is 10.9. The number of carbonyl (C=O) groups is 6. The third-order valence-electron chi connectivity index (χ3n) is 6.21. The lowest BCUT2D eigenvalue weighted by Crippen LogP contribution is -2.43. The van der Waals surface area contributed by atoms with Crippen molar-refractivity contribution in [2.24, 2.45) is 11.8 Å². The van der Waals surface area contributed by atoms with Crippen molar-refractivity contribution >= 4 is 35.6 Å². The molecule has 0 aliphatic carbocycles. The summed E-state index contributed by atoms with van der Waals surface area (Å²) in [6.45, 7) is 9.07. The molecule has 2 aliphatic rings. The first-order chi connectivity index (χ1) is 19.4. The van der Waals surface area contributed by atoms with E-state index >= 15 is 0 Å². The van der Waals surface area contributed by atoms with E-state index in [1.165, 1.54) is 11.9 Å². The summed E-state index contributed by atoms with van der Waals surface area (Å²) in [6.07, 6.45) is 4.63. The number of rotatable bonds is 13. The van der Waals surface area contributed by atoms with Crippen LogP contribution in [0.15, 0.2) is 0 Å². The first-order valence-corrected chi connectivity index (χ1v) is 14.0. The molecule has 2 aliphatic heterocycles. The molecule has 2 heterocycles. The van der Waals surface area contributed by atoms with E-state index in [0.717, 1.165) is 38.8 Å². The number of ketones is 1. The van der Waals surface area contributed by atoms with Gasteiger partial charge in [-0.25, -0.2) is 4.79 Å². The van der Waals surface area contributed by atoms with Gasteiger partial charge in [-0.2, -0.15) is 0 Å². The second-order valence-corrected chi connectivity index (χ2v) is 10.9. The molecule has 15 nitrogen and oxygen atoms in total. The third kappa shape index (κ3) is 19.9. The van der Waals surface area contributed by atoms with Gasteiger partial charge < -0.3 is 41.5 Å². The highest BCUT2D eigenvalue weighted by Gasteiger charge is 2.27. The van der Waals surface area contributed by atoms with E-state index in [-0.39, 0.29) is 30.6 Å². The predicted molar refractivity (Wildman–Crippen MR) is 153 cm³/mol. The van der Waals surface area contributed by atoms with Gasteiger partial charge in [0.2, 0.25) is 0 Å². The van der Waals surface area contributed by atoms with Crippen LogP contribution in [0, 0.1) is 11.8 Å². The molecule has 42 heavy (non-hydrogen) atoms. The Kier molecular flexibility index (Phi) is 21.9.